The molecule has 5 amide bonds. The third-order valence-electron chi connectivity index (χ3n) is 6.89. The monoisotopic (exact) mass is 950 g/mol. The van der Waals surface area contributed by atoms with Crippen molar-refractivity contribution >= 4 is 49.0 Å². The number of urea groups is 1. The first kappa shape index (κ1) is 83.5. The summed E-state index contributed by atoms with van der Waals surface area (Å²) in [5.74, 6) is 3.35. The topological polar surface area (TPSA) is 196 Å². The van der Waals surface area contributed by atoms with Crippen LogP contribution in [0.5, 0.6) is 0 Å². The minimum Gasteiger partial charge on any atom is -0.453 e. The molecule has 1 N–H and O–H groups in total. The van der Waals surface area contributed by atoms with Crippen molar-refractivity contribution in [1.29, 1.82) is 0 Å². The summed E-state index contributed by atoms with van der Waals surface area (Å²) in [5, 5.41) is 0. The zero-order valence-electron chi connectivity index (χ0n) is 47.1. The van der Waals surface area contributed by atoms with Gasteiger partial charge in [0.05, 0.1) is 24.6 Å². The van der Waals surface area contributed by atoms with Crippen molar-refractivity contribution in [2.45, 2.75) is 88.0 Å². The number of amides is 5. The normalized spacial score (nSPS) is 10.4. The Morgan fingerprint density at radius 1 is 0.469 bits per heavy atom. The van der Waals surface area contributed by atoms with Gasteiger partial charge in [-0.3, -0.25) is 33.7 Å². The molecule has 0 rings (SSSR count). The molecule has 1 unspecified atom stereocenters. The van der Waals surface area contributed by atoms with Gasteiger partial charge in [0.25, 0.3) is 0 Å². The van der Waals surface area contributed by atoms with Gasteiger partial charge in [0.15, 0.2) is 6.79 Å². The molecule has 0 aromatic rings. The van der Waals surface area contributed by atoms with Crippen molar-refractivity contribution in [2.24, 2.45) is 15.0 Å². The summed E-state index contributed by atoms with van der Waals surface area (Å²) in [6.45, 7) is 18.7. The highest BCUT2D eigenvalue weighted by Crippen LogP contribution is 2.35. The zero-order chi connectivity index (χ0) is 53.9. The number of methoxy groups -OCH3 is 2. The van der Waals surface area contributed by atoms with Crippen LogP contribution in [-0.2, 0) is 28.2 Å². The molecule has 0 heterocycles. The van der Waals surface area contributed by atoms with E-state index < -0.39 is 7.60 Å². The van der Waals surface area contributed by atoms with E-state index in [4.69, 9.17) is 4.89 Å². The Morgan fingerprint density at radius 3 is 0.703 bits per heavy atom. The number of hydrogen-bond acceptors (Lipinski definition) is 11. The van der Waals surface area contributed by atoms with Gasteiger partial charge >= 0.3 is 19.7 Å². The Bertz CT molecular complexity index is 1100. The molecule has 0 saturated carbocycles. The highest BCUT2D eigenvalue weighted by molar-refractivity contribution is 7.51. The van der Waals surface area contributed by atoms with Crippen LogP contribution in [0.25, 0.3) is 0 Å². The molecule has 0 aromatic carbocycles. The van der Waals surface area contributed by atoms with Gasteiger partial charge in [-0.2, -0.15) is 0 Å². The molecule has 0 spiro atoms. The third-order valence-corrected chi connectivity index (χ3v) is 7.47. The van der Waals surface area contributed by atoms with Crippen LogP contribution in [0.15, 0.2) is 15.0 Å². The third kappa shape index (κ3) is 102. The highest BCUT2D eigenvalue weighted by Gasteiger charge is 2.07. The predicted octanol–water partition coefficient (Wildman–Crippen LogP) is 6.56. The zero-order valence-corrected chi connectivity index (χ0v) is 48.0. The number of carbonyl (C=O) groups is 4. The van der Waals surface area contributed by atoms with Crippen molar-refractivity contribution in [3.8, 4) is 0 Å². The largest absolute Gasteiger partial charge is 0.453 e. The number of rotatable bonds is 5. The van der Waals surface area contributed by atoms with E-state index in [-0.39, 0.29) is 30.7 Å². The van der Waals surface area contributed by atoms with Crippen molar-refractivity contribution < 1.29 is 42.6 Å². The molecule has 0 aliphatic carbocycles. The average Bonchev–Trinajstić information content (AvgIpc) is 3.22. The van der Waals surface area contributed by atoms with Crippen LogP contribution in [0.2, 0.25) is 0 Å². The molecule has 64 heavy (non-hydrogen) atoms. The van der Waals surface area contributed by atoms with E-state index in [0.717, 1.165) is 24.2 Å². The van der Waals surface area contributed by atoms with E-state index >= 15 is 0 Å². The number of hydrogen-bond donors (Lipinski definition) is 1. The number of aliphatic imine (C=N–C) groups is 3. The first-order chi connectivity index (χ1) is 29.0. The van der Waals surface area contributed by atoms with Crippen LogP contribution < -0.4 is 0 Å². The van der Waals surface area contributed by atoms with E-state index in [2.05, 4.69) is 56.7 Å². The molecular formula is C43H104N11O9P. The molecule has 0 aliphatic heterocycles. The first-order valence-corrected chi connectivity index (χ1v) is 22.7. The summed E-state index contributed by atoms with van der Waals surface area (Å²) >= 11 is 0. The summed E-state index contributed by atoms with van der Waals surface area (Å²) in [4.78, 5) is 74.6. The number of amidine groups is 3. The summed E-state index contributed by atoms with van der Waals surface area (Å²) in [7, 11) is 33.7. The second-order valence-corrected chi connectivity index (χ2v) is 16.5. The molecule has 0 fully saturated rings. The van der Waals surface area contributed by atoms with Gasteiger partial charge in [0, 0.05) is 162 Å². The van der Waals surface area contributed by atoms with Crippen LogP contribution in [-0.4, -0.2) is 247 Å². The van der Waals surface area contributed by atoms with Crippen molar-refractivity contribution in [1.82, 2.24) is 39.2 Å². The standard InChI is InChI=1S/C5H12N2O.3C5H12N2.C4H9NO2.2C4H9NO.2C4H10.C3H9O4P/c1-6(2)5(8)7(3)4;3*1-5(6-2)7(3)4;1-5(2)4(6)7-3;2*1-4(6)5(2)3;2*1-3-4-2;1-6-3-7-8(2,4)5/h1-4H3;3*1-4H3;1-3H3;2*1-3H3;2*3-4H2,1-2H3;3H2,1-2H3,(H,4,5). The fraction of sp³-hybridized carbons (Fsp3) is 0.837. The van der Waals surface area contributed by atoms with Gasteiger partial charge in [-0.1, -0.05) is 53.4 Å². The minimum atomic E-state index is -3.31. The molecule has 20 nitrogen and oxygen atoms in total. The number of ether oxygens (including phenoxy) is 2. The van der Waals surface area contributed by atoms with E-state index in [1.807, 2.05) is 77.8 Å². The molecule has 1 atom stereocenters. The molecular weight excluding hydrogens is 846 g/mol. The minimum absolute atomic E-state index is 0.0185. The van der Waals surface area contributed by atoms with Gasteiger partial charge in [-0.15, -0.1) is 0 Å². The van der Waals surface area contributed by atoms with Crippen LogP contribution in [0, 0.1) is 0 Å². The number of nitrogens with zero attached hydrogens (tertiary/aromatic N) is 11. The maximum Gasteiger partial charge on any atom is 0.408 e. The first-order valence-electron chi connectivity index (χ1n) is 20.7. The Kier molecular flexibility index (Phi) is 77.0. The summed E-state index contributed by atoms with van der Waals surface area (Å²) < 4.78 is 23.2. The molecule has 0 aromatic heterocycles. The quantitative estimate of drug-likeness (QED) is 0.135. The van der Waals surface area contributed by atoms with Crippen LogP contribution in [0.3, 0.4) is 0 Å². The van der Waals surface area contributed by atoms with Crippen LogP contribution in [0.4, 0.5) is 9.59 Å². The Hall–Kier alpha value is -4.00. The van der Waals surface area contributed by atoms with Crippen LogP contribution in [0.1, 0.15) is 88.0 Å². The lowest BCUT2D eigenvalue weighted by atomic mass is 10.4. The maximum absolute atomic E-state index is 10.7. The molecule has 0 aliphatic rings. The van der Waals surface area contributed by atoms with Gasteiger partial charge < -0.3 is 53.6 Å². The van der Waals surface area contributed by atoms with E-state index in [1.165, 1.54) is 78.2 Å². The lowest BCUT2D eigenvalue weighted by molar-refractivity contribution is -0.127. The van der Waals surface area contributed by atoms with E-state index in [9.17, 15) is 23.7 Å². The lowest BCUT2D eigenvalue weighted by Gasteiger charge is -2.16. The molecule has 0 saturated heterocycles. The second kappa shape index (κ2) is 59.0. The fourth-order valence-electron chi connectivity index (χ4n) is 1.33. The number of carbonyl (C=O) groups excluding carboxylic acids is 4. The van der Waals surface area contributed by atoms with Crippen molar-refractivity contribution in [3.05, 3.63) is 0 Å². The summed E-state index contributed by atoms with van der Waals surface area (Å²) in [5.41, 5.74) is 0. The average molecular weight is 950 g/mol. The van der Waals surface area contributed by atoms with E-state index in [0.29, 0.717) is 0 Å². The Morgan fingerprint density at radius 2 is 0.688 bits per heavy atom. The highest BCUT2D eigenvalue weighted by atomic mass is 31.2. The van der Waals surface area contributed by atoms with Gasteiger partial charge in [0.2, 0.25) is 11.8 Å². The van der Waals surface area contributed by atoms with Gasteiger partial charge in [-0.25, -0.2) is 9.59 Å². The van der Waals surface area contributed by atoms with Crippen LogP contribution >= 0.6 is 7.60 Å². The predicted molar refractivity (Wildman–Crippen MR) is 276 cm³/mol. The van der Waals surface area contributed by atoms with E-state index in [1.54, 1.807) is 91.6 Å². The Labute approximate surface area is 394 Å². The smallest absolute Gasteiger partial charge is 0.408 e. The summed E-state index contributed by atoms with van der Waals surface area (Å²) in [6, 6.07) is 0.0185. The molecule has 390 valence electrons. The molecule has 0 bridgehead atoms. The number of unbranched alkanes of at least 4 members (excludes halogenated alkanes) is 2. The fourth-order valence-corrected chi connectivity index (χ4v) is 1.63. The molecule has 21 heteroatoms. The van der Waals surface area contributed by atoms with Gasteiger partial charge in [0.1, 0.15) is 0 Å². The van der Waals surface area contributed by atoms with Crippen molar-refractivity contribution in [2.75, 3.05) is 162 Å². The second-order valence-electron chi connectivity index (χ2n) is 14.6. The Balaban J connectivity index is -0.0000000637. The summed E-state index contributed by atoms with van der Waals surface area (Å²) in [6.07, 6.45) is 4.96. The maximum atomic E-state index is 10.7. The lowest BCUT2D eigenvalue weighted by Crippen LogP contribution is -2.33. The molecule has 0 radical (unpaired) electrons. The SMILES string of the molecule is CC(=O)N(C)C.CC(=O)N(C)C.CCCC.CCCC.CN(C)C(=O)N(C)C.CN=C(C)N(C)C.CN=C(C)N(C)C.CN=C(C)N(C)C.COC(=O)N(C)C.COCOP(C)(=O)O. The van der Waals surface area contributed by atoms with Crippen molar-refractivity contribution in [3.63, 3.8) is 0 Å². The van der Waals surface area contributed by atoms with Gasteiger partial charge in [-0.05, 0) is 20.8 Å².